The number of fused-ring (bicyclic) bond motifs is 1. The summed E-state index contributed by atoms with van der Waals surface area (Å²) in [7, 11) is 0. The molecule has 2 nitrogen and oxygen atoms in total. The number of benzene rings is 2. The summed E-state index contributed by atoms with van der Waals surface area (Å²) in [4.78, 5) is 13.7. The first kappa shape index (κ1) is 10.4. The van der Waals surface area contributed by atoms with Crippen LogP contribution >= 0.6 is 11.8 Å². The van der Waals surface area contributed by atoms with Gasteiger partial charge in [0, 0.05) is 15.5 Å². The highest BCUT2D eigenvalue weighted by atomic mass is 32.2. The summed E-state index contributed by atoms with van der Waals surface area (Å²) >= 11 is 1.70. The van der Waals surface area contributed by atoms with E-state index in [1.807, 2.05) is 30.3 Å². The zero-order chi connectivity index (χ0) is 11.7. The van der Waals surface area contributed by atoms with E-state index in [4.69, 9.17) is 0 Å². The number of carbonyl (C=O) groups is 1. The standard InChI is InChI=1S/C14H11NOS/c16-14-9-11-12(15-14)7-4-8-13(11)17-10-5-2-1-3-6-10/h1-8H,9H2,(H,15,16). The van der Waals surface area contributed by atoms with Crippen LogP contribution in [0, 0.1) is 0 Å². The molecular weight excluding hydrogens is 230 g/mol. The van der Waals surface area contributed by atoms with Crippen molar-refractivity contribution in [2.75, 3.05) is 5.32 Å². The molecule has 84 valence electrons. The van der Waals surface area contributed by atoms with Crippen LogP contribution < -0.4 is 5.32 Å². The van der Waals surface area contributed by atoms with Gasteiger partial charge in [-0.05, 0) is 29.8 Å². The van der Waals surface area contributed by atoms with Crippen LogP contribution in [-0.4, -0.2) is 5.91 Å². The maximum Gasteiger partial charge on any atom is 0.228 e. The molecule has 0 saturated heterocycles. The third kappa shape index (κ3) is 2.06. The van der Waals surface area contributed by atoms with Crippen molar-refractivity contribution < 1.29 is 4.79 Å². The number of hydrogen-bond donors (Lipinski definition) is 1. The van der Waals surface area contributed by atoms with Crippen molar-refractivity contribution >= 4 is 23.4 Å². The predicted octanol–water partition coefficient (Wildman–Crippen LogP) is 3.33. The van der Waals surface area contributed by atoms with Crippen molar-refractivity contribution in [1.82, 2.24) is 0 Å². The second kappa shape index (κ2) is 4.26. The summed E-state index contributed by atoms with van der Waals surface area (Å²) in [5.41, 5.74) is 2.07. The Kier molecular flexibility index (Phi) is 2.61. The fourth-order valence-corrected chi connectivity index (χ4v) is 2.93. The minimum absolute atomic E-state index is 0.0844. The minimum atomic E-state index is 0.0844. The first-order valence-corrected chi connectivity index (χ1v) is 6.29. The van der Waals surface area contributed by atoms with E-state index >= 15 is 0 Å². The average Bonchev–Trinajstić information content (AvgIpc) is 2.72. The van der Waals surface area contributed by atoms with E-state index in [1.165, 1.54) is 4.90 Å². The molecule has 0 spiro atoms. The Balaban J connectivity index is 1.95. The van der Waals surface area contributed by atoms with E-state index in [2.05, 4.69) is 23.5 Å². The topological polar surface area (TPSA) is 29.1 Å². The van der Waals surface area contributed by atoms with Crippen molar-refractivity contribution in [1.29, 1.82) is 0 Å². The van der Waals surface area contributed by atoms with Crippen molar-refractivity contribution in [3.63, 3.8) is 0 Å². The molecule has 0 atom stereocenters. The van der Waals surface area contributed by atoms with Gasteiger partial charge in [0.25, 0.3) is 0 Å². The van der Waals surface area contributed by atoms with Crippen LogP contribution in [-0.2, 0) is 11.2 Å². The number of nitrogens with one attached hydrogen (secondary N) is 1. The van der Waals surface area contributed by atoms with E-state index in [9.17, 15) is 4.79 Å². The third-order valence-electron chi connectivity index (χ3n) is 2.72. The molecule has 0 unspecified atom stereocenters. The lowest BCUT2D eigenvalue weighted by atomic mass is 10.2. The lowest BCUT2D eigenvalue weighted by Crippen LogP contribution is -2.03. The lowest BCUT2D eigenvalue weighted by molar-refractivity contribution is -0.115. The Labute approximate surface area is 104 Å². The fourth-order valence-electron chi connectivity index (χ4n) is 1.93. The maximum atomic E-state index is 11.4. The summed E-state index contributed by atoms with van der Waals surface area (Å²) in [6, 6.07) is 16.2. The second-order valence-electron chi connectivity index (χ2n) is 3.92. The molecule has 3 heteroatoms. The van der Waals surface area contributed by atoms with Gasteiger partial charge in [-0.1, -0.05) is 36.0 Å². The summed E-state index contributed by atoms with van der Waals surface area (Å²) < 4.78 is 0. The molecule has 0 aliphatic carbocycles. The summed E-state index contributed by atoms with van der Waals surface area (Å²) in [6.45, 7) is 0. The normalized spacial score (nSPS) is 13.3. The molecule has 0 aromatic heterocycles. The van der Waals surface area contributed by atoms with Crippen LogP contribution in [0.2, 0.25) is 0 Å². The van der Waals surface area contributed by atoms with Gasteiger partial charge in [-0.15, -0.1) is 0 Å². The first-order valence-electron chi connectivity index (χ1n) is 5.47. The highest BCUT2D eigenvalue weighted by molar-refractivity contribution is 7.99. The highest BCUT2D eigenvalue weighted by Gasteiger charge is 2.20. The zero-order valence-corrected chi connectivity index (χ0v) is 9.96. The van der Waals surface area contributed by atoms with Gasteiger partial charge < -0.3 is 5.32 Å². The van der Waals surface area contributed by atoms with Gasteiger partial charge in [0.2, 0.25) is 5.91 Å². The van der Waals surface area contributed by atoms with Gasteiger partial charge >= 0.3 is 0 Å². The molecule has 1 amide bonds. The number of hydrogen-bond acceptors (Lipinski definition) is 2. The molecule has 3 rings (SSSR count). The second-order valence-corrected chi connectivity index (χ2v) is 5.04. The Morgan fingerprint density at radius 3 is 2.65 bits per heavy atom. The minimum Gasteiger partial charge on any atom is -0.325 e. The smallest absolute Gasteiger partial charge is 0.228 e. The molecular formula is C14H11NOS. The fraction of sp³-hybridized carbons (Fsp3) is 0.0714. The maximum absolute atomic E-state index is 11.4. The van der Waals surface area contributed by atoms with Gasteiger partial charge in [0.15, 0.2) is 0 Å². The van der Waals surface area contributed by atoms with Crippen LogP contribution in [0.4, 0.5) is 5.69 Å². The molecule has 0 fully saturated rings. The molecule has 0 radical (unpaired) electrons. The molecule has 1 aliphatic rings. The molecule has 0 saturated carbocycles. The molecule has 2 aromatic rings. The zero-order valence-electron chi connectivity index (χ0n) is 9.14. The SMILES string of the molecule is O=C1Cc2c(cccc2Sc2ccccc2)N1. The number of rotatable bonds is 2. The number of amides is 1. The van der Waals surface area contributed by atoms with E-state index in [-0.39, 0.29) is 5.91 Å². The highest BCUT2D eigenvalue weighted by Crippen LogP contribution is 2.36. The van der Waals surface area contributed by atoms with Crippen LogP contribution in [0.15, 0.2) is 58.3 Å². The first-order chi connectivity index (χ1) is 8.33. The van der Waals surface area contributed by atoms with Crippen molar-refractivity contribution in [2.45, 2.75) is 16.2 Å². The van der Waals surface area contributed by atoms with E-state index in [0.717, 1.165) is 16.1 Å². The van der Waals surface area contributed by atoms with Gasteiger partial charge in [0.1, 0.15) is 0 Å². The molecule has 2 aromatic carbocycles. The predicted molar refractivity (Wildman–Crippen MR) is 69.3 cm³/mol. The number of carbonyl (C=O) groups excluding carboxylic acids is 1. The Morgan fingerprint density at radius 1 is 1.00 bits per heavy atom. The molecule has 1 N–H and O–H groups in total. The van der Waals surface area contributed by atoms with Gasteiger partial charge in [-0.3, -0.25) is 4.79 Å². The Morgan fingerprint density at radius 2 is 1.82 bits per heavy atom. The summed E-state index contributed by atoms with van der Waals surface area (Å²) in [6.07, 6.45) is 0.491. The molecule has 17 heavy (non-hydrogen) atoms. The van der Waals surface area contributed by atoms with Gasteiger partial charge in [-0.2, -0.15) is 0 Å². The van der Waals surface area contributed by atoms with Gasteiger partial charge in [-0.25, -0.2) is 0 Å². The summed E-state index contributed by atoms with van der Waals surface area (Å²) in [5.74, 6) is 0.0844. The molecule has 1 heterocycles. The van der Waals surface area contributed by atoms with Crippen molar-refractivity contribution in [2.24, 2.45) is 0 Å². The van der Waals surface area contributed by atoms with E-state index in [1.54, 1.807) is 11.8 Å². The lowest BCUT2D eigenvalue weighted by Gasteiger charge is -2.06. The largest absolute Gasteiger partial charge is 0.325 e. The third-order valence-corrected chi connectivity index (χ3v) is 3.83. The average molecular weight is 241 g/mol. The van der Waals surface area contributed by atoms with Crippen molar-refractivity contribution in [3.8, 4) is 0 Å². The van der Waals surface area contributed by atoms with Crippen LogP contribution in [0.25, 0.3) is 0 Å². The number of anilines is 1. The monoisotopic (exact) mass is 241 g/mol. The van der Waals surface area contributed by atoms with Gasteiger partial charge in [0.05, 0.1) is 6.42 Å². The Hall–Kier alpha value is -1.74. The van der Waals surface area contributed by atoms with Crippen LogP contribution in [0.1, 0.15) is 5.56 Å². The van der Waals surface area contributed by atoms with Crippen molar-refractivity contribution in [3.05, 3.63) is 54.1 Å². The summed E-state index contributed by atoms with van der Waals surface area (Å²) in [5, 5.41) is 2.87. The van der Waals surface area contributed by atoms with E-state index in [0.29, 0.717) is 6.42 Å². The van der Waals surface area contributed by atoms with Crippen LogP contribution in [0.3, 0.4) is 0 Å². The Bertz CT molecular complexity index is 566. The molecule has 0 bridgehead atoms. The van der Waals surface area contributed by atoms with E-state index < -0.39 is 0 Å². The van der Waals surface area contributed by atoms with Crippen LogP contribution in [0.5, 0.6) is 0 Å². The quantitative estimate of drug-likeness (QED) is 0.873. The molecule has 1 aliphatic heterocycles.